The molecular weight excluding hydrogens is 703 g/mol. The Kier molecular flexibility index (Phi) is 7.61. The van der Waals surface area contributed by atoms with Gasteiger partial charge in [0.05, 0.1) is 0 Å². The lowest BCUT2D eigenvalue weighted by molar-refractivity contribution is 1.28. The Morgan fingerprint density at radius 1 is 0.291 bits per heavy atom. The number of nitrogens with zero attached hydrogens (tertiary/aromatic N) is 1. The van der Waals surface area contributed by atoms with Gasteiger partial charge < -0.3 is 4.90 Å². The molecule has 11 rings (SSSR count). The third-order valence-electron chi connectivity index (χ3n) is 10.8. The van der Waals surface area contributed by atoms with Crippen molar-refractivity contribution in [3.05, 3.63) is 200 Å². The number of anilines is 3. The van der Waals surface area contributed by atoms with Crippen LogP contribution in [-0.4, -0.2) is 0 Å². The van der Waals surface area contributed by atoms with Crippen LogP contribution in [0.5, 0.6) is 0 Å². The van der Waals surface area contributed by atoms with Crippen LogP contribution in [-0.2, 0) is 0 Å². The van der Waals surface area contributed by atoms with Gasteiger partial charge >= 0.3 is 0 Å². The number of benzene rings is 9. The van der Waals surface area contributed by atoms with Gasteiger partial charge in [-0.05, 0) is 92.7 Å². The van der Waals surface area contributed by atoms with E-state index in [1.54, 1.807) is 0 Å². The van der Waals surface area contributed by atoms with Crippen molar-refractivity contribution < 1.29 is 0 Å². The average molecular weight is 736 g/mol. The first kappa shape index (κ1) is 32.0. The lowest BCUT2D eigenvalue weighted by Gasteiger charge is -2.27. The van der Waals surface area contributed by atoms with Crippen LogP contribution in [0.1, 0.15) is 0 Å². The van der Waals surface area contributed by atoms with Crippen LogP contribution in [0.3, 0.4) is 0 Å². The first-order valence-corrected chi connectivity index (χ1v) is 20.3. The molecule has 11 aromatic rings. The molecule has 0 radical (unpaired) electrons. The quantitative estimate of drug-likeness (QED) is 0.164. The van der Waals surface area contributed by atoms with E-state index in [1.165, 1.54) is 84.5 Å². The van der Waals surface area contributed by atoms with Gasteiger partial charge in [0.1, 0.15) is 0 Å². The second-order valence-corrected chi connectivity index (χ2v) is 16.2. The fraction of sp³-hybridized carbons (Fsp3) is 0. The Bertz CT molecular complexity index is 3080. The van der Waals surface area contributed by atoms with Gasteiger partial charge in [-0.3, -0.25) is 0 Å². The maximum Gasteiger partial charge on any atom is 0.0467 e. The average Bonchev–Trinajstić information content (AvgIpc) is 3.83. The summed E-state index contributed by atoms with van der Waals surface area (Å²) in [5.41, 5.74) is 10.7. The fourth-order valence-electron chi connectivity index (χ4n) is 8.31. The molecule has 0 atom stereocenters. The molecule has 0 saturated carbocycles. The highest BCUT2D eigenvalue weighted by atomic mass is 32.1. The fourth-order valence-corrected chi connectivity index (χ4v) is 10.8. The zero-order valence-corrected chi connectivity index (χ0v) is 31.4. The van der Waals surface area contributed by atoms with Crippen LogP contribution in [0.25, 0.3) is 84.5 Å². The summed E-state index contributed by atoms with van der Waals surface area (Å²) < 4.78 is 5.28. The van der Waals surface area contributed by atoms with E-state index in [9.17, 15) is 0 Å². The topological polar surface area (TPSA) is 3.24 Å². The van der Waals surface area contributed by atoms with Gasteiger partial charge in [0, 0.05) is 57.4 Å². The Morgan fingerprint density at radius 2 is 0.673 bits per heavy atom. The van der Waals surface area contributed by atoms with E-state index in [4.69, 9.17) is 0 Å². The Labute approximate surface area is 327 Å². The van der Waals surface area contributed by atoms with Crippen LogP contribution in [0.15, 0.2) is 200 Å². The predicted molar refractivity (Wildman–Crippen MR) is 241 cm³/mol. The van der Waals surface area contributed by atoms with E-state index in [0.717, 1.165) is 17.1 Å². The highest BCUT2D eigenvalue weighted by molar-refractivity contribution is 7.26. The van der Waals surface area contributed by atoms with Crippen molar-refractivity contribution in [2.24, 2.45) is 0 Å². The second kappa shape index (κ2) is 13.1. The molecule has 55 heavy (non-hydrogen) atoms. The summed E-state index contributed by atoms with van der Waals surface area (Å²) in [7, 11) is 0. The number of thiophene rings is 2. The van der Waals surface area contributed by atoms with Crippen LogP contribution in [0.4, 0.5) is 17.1 Å². The number of rotatable bonds is 6. The van der Waals surface area contributed by atoms with Gasteiger partial charge in [0.25, 0.3) is 0 Å². The molecular formula is C52H33NS2. The van der Waals surface area contributed by atoms with Gasteiger partial charge in [0.2, 0.25) is 0 Å². The summed E-state index contributed by atoms with van der Waals surface area (Å²) in [6.07, 6.45) is 0. The van der Waals surface area contributed by atoms with Crippen molar-refractivity contribution in [2.75, 3.05) is 4.90 Å². The van der Waals surface area contributed by atoms with E-state index in [-0.39, 0.29) is 0 Å². The van der Waals surface area contributed by atoms with Gasteiger partial charge in [0.15, 0.2) is 0 Å². The SMILES string of the molecule is c1cc(-c2cccc3ccccc23)cc(N(c2cccc(-c3cccc4c3sc3ccccc34)c2)c2cccc(-c3cccc4c3sc3ccccc34)c2)c1. The third-order valence-corrected chi connectivity index (χ3v) is 13.3. The molecule has 0 aliphatic heterocycles. The zero-order chi connectivity index (χ0) is 36.3. The molecule has 0 unspecified atom stereocenters. The minimum Gasteiger partial charge on any atom is -0.310 e. The van der Waals surface area contributed by atoms with Crippen molar-refractivity contribution in [2.45, 2.75) is 0 Å². The van der Waals surface area contributed by atoms with Crippen molar-refractivity contribution in [3.63, 3.8) is 0 Å². The lowest BCUT2D eigenvalue weighted by atomic mass is 9.97. The minimum atomic E-state index is 1.11. The molecule has 258 valence electrons. The maximum absolute atomic E-state index is 2.43. The Balaban J connectivity index is 1.10. The van der Waals surface area contributed by atoms with Gasteiger partial charge in [-0.25, -0.2) is 0 Å². The summed E-state index contributed by atoms with van der Waals surface area (Å²) in [5, 5.41) is 7.76. The second-order valence-electron chi connectivity index (χ2n) is 14.1. The van der Waals surface area contributed by atoms with Crippen LogP contribution < -0.4 is 4.90 Å². The van der Waals surface area contributed by atoms with Crippen molar-refractivity contribution in [3.8, 4) is 33.4 Å². The van der Waals surface area contributed by atoms with Crippen molar-refractivity contribution in [1.82, 2.24) is 0 Å². The molecule has 0 bridgehead atoms. The molecule has 9 aromatic carbocycles. The highest BCUT2D eigenvalue weighted by Gasteiger charge is 2.18. The normalized spacial score (nSPS) is 11.6. The van der Waals surface area contributed by atoms with Gasteiger partial charge in [-0.2, -0.15) is 0 Å². The molecule has 2 heterocycles. The van der Waals surface area contributed by atoms with Gasteiger partial charge in [-0.1, -0.05) is 152 Å². The summed E-state index contributed by atoms with van der Waals surface area (Å²) in [6.45, 7) is 0. The molecule has 0 aliphatic rings. The number of hydrogen-bond donors (Lipinski definition) is 0. The summed E-state index contributed by atoms with van der Waals surface area (Å²) >= 11 is 3.76. The molecule has 0 N–H and O–H groups in total. The lowest BCUT2D eigenvalue weighted by Crippen LogP contribution is -2.10. The van der Waals surface area contributed by atoms with E-state index >= 15 is 0 Å². The van der Waals surface area contributed by atoms with E-state index in [0.29, 0.717) is 0 Å². The zero-order valence-electron chi connectivity index (χ0n) is 29.8. The van der Waals surface area contributed by atoms with Crippen molar-refractivity contribution >= 4 is 90.9 Å². The third kappa shape index (κ3) is 5.43. The molecule has 0 saturated heterocycles. The largest absolute Gasteiger partial charge is 0.310 e. The molecule has 0 amide bonds. The summed E-state index contributed by atoms with van der Waals surface area (Å²) in [5.74, 6) is 0. The van der Waals surface area contributed by atoms with Crippen LogP contribution in [0, 0.1) is 0 Å². The number of fused-ring (bicyclic) bond motifs is 7. The van der Waals surface area contributed by atoms with Crippen molar-refractivity contribution in [1.29, 1.82) is 0 Å². The summed E-state index contributed by atoms with van der Waals surface area (Å²) in [6, 6.07) is 73.4. The predicted octanol–water partition coefficient (Wildman–Crippen LogP) is 16.0. The first-order chi connectivity index (χ1) is 27.3. The van der Waals surface area contributed by atoms with E-state index in [2.05, 4.69) is 205 Å². The molecule has 2 aromatic heterocycles. The standard InChI is InChI=1S/C52H33NS2/c1-2-21-41-34(13-1)14-10-24-42(41)35-15-7-18-38(31-35)53(39-19-8-16-36(32-39)43-25-11-27-47-45-22-3-5-29-49(45)54-51(43)47)40-20-9-17-37(33-40)44-26-12-28-48-46-23-4-6-30-50(46)55-52(44)48/h1-33H. The Morgan fingerprint density at radius 3 is 1.22 bits per heavy atom. The molecule has 1 nitrogen and oxygen atoms in total. The monoisotopic (exact) mass is 735 g/mol. The molecule has 0 spiro atoms. The Hall–Kier alpha value is -6.52. The molecule has 0 fully saturated rings. The van der Waals surface area contributed by atoms with Crippen LogP contribution >= 0.6 is 22.7 Å². The highest BCUT2D eigenvalue weighted by Crippen LogP contribution is 2.45. The van der Waals surface area contributed by atoms with Crippen LogP contribution in [0.2, 0.25) is 0 Å². The maximum atomic E-state index is 2.43. The summed E-state index contributed by atoms with van der Waals surface area (Å²) in [4.78, 5) is 2.43. The minimum absolute atomic E-state index is 1.11. The van der Waals surface area contributed by atoms with E-state index < -0.39 is 0 Å². The van der Waals surface area contributed by atoms with E-state index in [1.807, 2.05) is 22.7 Å². The first-order valence-electron chi connectivity index (χ1n) is 18.7. The molecule has 3 heteroatoms. The smallest absolute Gasteiger partial charge is 0.0467 e. The van der Waals surface area contributed by atoms with Gasteiger partial charge in [-0.15, -0.1) is 22.7 Å². The number of hydrogen-bond acceptors (Lipinski definition) is 3. The molecule has 0 aliphatic carbocycles.